The van der Waals surface area contributed by atoms with E-state index < -0.39 is 0 Å². The lowest BCUT2D eigenvalue weighted by atomic mass is 10.1. The van der Waals surface area contributed by atoms with Gasteiger partial charge in [-0.2, -0.15) is 0 Å². The molecule has 1 aliphatic heterocycles. The van der Waals surface area contributed by atoms with Crippen LogP contribution in [0.2, 0.25) is 0 Å². The van der Waals surface area contributed by atoms with E-state index in [-0.39, 0.29) is 5.91 Å². The van der Waals surface area contributed by atoms with Crippen LogP contribution in [-0.2, 0) is 0 Å². The highest BCUT2D eigenvalue weighted by Crippen LogP contribution is 2.20. The van der Waals surface area contributed by atoms with Gasteiger partial charge in [-0.15, -0.1) is 11.3 Å². The molecular weight excluding hydrogens is 222 g/mol. The molecule has 0 aliphatic carbocycles. The van der Waals surface area contributed by atoms with E-state index in [0.717, 1.165) is 19.4 Å². The highest BCUT2D eigenvalue weighted by atomic mass is 32.1. The summed E-state index contributed by atoms with van der Waals surface area (Å²) in [5.74, 6) is 0.0300. The van der Waals surface area contributed by atoms with E-state index >= 15 is 0 Å². The minimum absolute atomic E-state index is 0.0300. The Morgan fingerprint density at radius 3 is 3.06 bits per heavy atom. The summed E-state index contributed by atoms with van der Waals surface area (Å²) in [7, 11) is 0. The maximum absolute atomic E-state index is 12.2. The summed E-state index contributed by atoms with van der Waals surface area (Å²) in [6.07, 6.45) is 4.61. The Kier molecular flexibility index (Phi) is 3.43. The van der Waals surface area contributed by atoms with Crippen LogP contribution >= 0.6 is 11.3 Å². The van der Waals surface area contributed by atoms with Gasteiger partial charge in [-0.25, -0.2) is 4.98 Å². The molecular formula is C11H17N3OS. The molecule has 1 aromatic heterocycles. The second-order valence-corrected chi connectivity index (χ2v) is 5.16. The Morgan fingerprint density at radius 2 is 2.38 bits per heavy atom. The summed E-state index contributed by atoms with van der Waals surface area (Å²) >= 11 is 1.32. The first-order valence-electron chi connectivity index (χ1n) is 5.70. The Balaban J connectivity index is 2.13. The molecule has 0 radical (unpaired) electrons. The van der Waals surface area contributed by atoms with E-state index in [4.69, 9.17) is 5.73 Å². The van der Waals surface area contributed by atoms with Crippen molar-refractivity contribution in [2.45, 2.75) is 38.6 Å². The van der Waals surface area contributed by atoms with Gasteiger partial charge in [0.15, 0.2) is 5.13 Å². The van der Waals surface area contributed by atoms with Gasteiger partial charge in [-0.3, -0.25) is 4.79 Å². The second-order valence-electron chi connectivity index (χ2n) is 4.27. The summed E-state index contributed by atoms with van der Waals surface area (Å²) in [6, 6.07) is 0.318. The largest absolute Gasteiger partial charge is 0.375 e. The summed E-state index contributed by atoms with van der Waals surface area (Å²) in [5, 5.41) is 2.21. The SMILES string of the molecule is CC1CCCCCN1C(=O)c1csc(N)n1. The highest BCUT2D eigenvalue weighted by Gasteiger charge is 2.24. The highest BCUT2D eigenvalue weighted by molar-refractivity contribution is 7.13. The molecule has 1 aromatic rings. The molecule has 2 rings (SSSR count). The van der Waals surface area contributed by atoms with Crippen molar-refractivity contribution >= 4 is 22.4 Å². The zero-order valence-electron chi connectivity index (χ0n) is 9.48. The topological polar surface area (TPSA) is 59.2 Å². The molecule has 1 unspecified atom stereocenters. The van der Waals surface area contributed by atoms with Gasteiger partial charge in [-0.05, 0) is 19.8 Å². The first-order valence-corrected chi connectivity index (χ1v) is 6.58. The van der Waals surface area contributed by atoms with E-state index in [0.29, 0.717) is 16.9 Å². The average molecular weight is 239 g/mol. The van der Waals surface area contributed by atoms with Crippen molar-refractivity contribution in [3.63, 3.8) is 0 Å². The monoisotopic (exact) mass is 239 g/mol. The fourth-order valence-electron chi connectivity index (χ4n) is 2.11. The zero-order valence-corrected chi connectivity index (χ0v) is 10.3. The molecule has 88 valence electrons. The maximum atomic E-state index is 12.2. The van der Waals surface area contributed by atoms with Crippen LogP contribution in [-0.4, -0.2) is 28.4 Å². The minimum Gasteiger partial charge on any atom is -0.375 e. The molecule has 1 saturated heterocycles. The fourth-order valence-corrected chi connectivity index (χ4v) is 2.65. The molecule has 0 bridgehead atoms. The molecule has 1 aliphatic rings. The molecule has 0 aromatic carbocycles. The number of hydrogen-bond acceptors (Lipinski definition) is 4. The number of nitrogens with two attached hydrogens (primary N) is 1. The van der Waals surface area contributed by atoms with Gasteiger partial charge in [0.05, 0.1) is 0 Å². The van der Waals surface area contributed by atoms with E-state index in [2.05, 4.69) is 11.9 Å². The van der Waals surface area contributed by atoms with Crippen LogP contribution in [0.15, 0.2) is 5.38 Å². The van der Waals surface area contributed by atoms with Crippen molar-refractivity contribution in [2.24, 2.45) is 0 Å². The number of carbonyl (C=O) groups is 1. The van der Waals surface area contributed by atoms with Crippen LogP contribution in [0.1, 0.15) is 43.1 Å². The number of rotatable bonds is 1. The first-order chi connectivity index (χ1) is 7.68. The predicted molar refractivity (Wildman–Crippen MR) is 65.5 cm³/mol. The molecule has 16 heavy (non-hydrogen) atoms. The Hall–Kier alpha value is -1.10. The Bertz CT molecular complexity index is 377. The van der Waals surface area contributed by atoms with Gasteiger partial charge in [0, 0.05) is 18.0 Å². The third-order valence-corrected chi connectivity index (χ3v) is 3.73. The van der Waals surface area contributed by atoms with Gasteiger partial charge in [0.2, 0.25) is 0 Å². The van der Waals surface area contributed by atoms with Crippen molar-refractivity contribution in [2.75, 3.05) is 12.3 Å². The Morgan fingerprint density at radius 1 is 1.56 bits per heavy atom. The maximum Gasteiger partial charge on any atom is 0.273 e. The van der Waals surface area contributed by atoms with E-state index in [9.17, 15) is 4.79 Å². The standard InChI is InChI=1S/C11H17N3OS/c1-8-5-3-2-4-6-14(8)10(15)9-7-16-11(12)13-9/h7-8H,2-6H2,1H3,(H2,12,13). The molecule has 1 fully saturated rings. The lowest BCUT2D eigenvalue weighted by molar-refractivity contribution is 0.0693. The number of nitrogen functional groups attached to an aromatic ring is 1. The van der Waals surface area contributed by atoms with Crippen LogP contribution in [0.3, 0.4) is 0 Å². The van der Waals surface area contributed by atoms with E-state index in [1.165, 1.54) is 24.2 Å². The molecule has 0 spiro atoms. The van der Waals surface area contributed by atoms with Crippen molar-refractivity contribution < 1.29 is 4.79 Å². The number of hydrogen-bond donors (Lipinski definition) is 1. The summed E-state index contributed by atoms with van der Waals surface area (Å²) in [6.45, 7) is 2.95. The molecule has 4 nitrogen and oxygen atoms in total. The summed E-state index contributed by atoms with van der Waals surface area (Å²) in [4.78, 5) is 18.2. The van der Waals surface area contributed by atoms with Crippen LogP contribution in [0, 0.1) is 0 Å². The van der Waals surface area contributed by atoms with Crippen molar-refractivity contribution in [3.8, 4) is 0 Å². The number of nitrogens with zero attached hydrogens (tertiary/aromatic N) is 2. The third kappa shape index (κ3) is 2.35. The predicted octanol–water partition coefficient (Wildman–Crippen LogP) is 2.13. The molecule has 0 saturated carbocycles. The van der Waals surface area contributed by atoms with Gasteiger partial charge in [0.1, 0.15) is 5.69 Å². The number of amides is 1. The quantitative estimate of drug-likeness (QED) is 0.816. The molecule has 2 N–H and O–H groups in total. The van der Waals surface area contributed by atoms with Crippen molar-refractivity contribution in [1.82, 2.24) is 9.88 Å². The van der Waals surface area contributed by atoms with Crippen molar-refractivity contribution in [3.05, 3.63) is 11.1 Å². The van der Waals surface area contributed by atoms with E-state index in [1.54, 1.807) is 5.38 Å². The van der Waals surface area contributed by atoms with E-state index in [1.807, 2.05) is 4.90 Å². The first kappa shape index (κ1) is 11.4. The van der Waals surface area contributed by atoms with Gasteiger partial charge in [-0.1, -0.05) is 12.8 Å². The normalized spacial score (nSPS) is 21.8. The smallest absolute Gasteiger partial charge is 0.273 e. The van der Waals surface area contributed by atoms with Crippen molar-refractivity contribution in [1.29, 1.82) is 0 Å². The van der Waals surface area contributed by atoms with Gasteiger partial charge >= 0.3 is 0 Å². The second kappa shape index (κ2) is 4.82. The molecule has 1 amide bonds. The molecule has 5 heteroatoms. The number of carbonyl (C=O) groups excluding carboxylic acids is 1. The number of thiazole rings is 1. The van der Waals surface area contributed by atoms with Gasteiger partial charge in [0.25, 0.3) is 5.91 Å². The summed E-state index contributed by atoms with van der Waals surface area (Å²) < 4.78 is 0. The lowest BCUT2D eigenvalue weighted by Crippen LogP contribution is -2.38. The molecule has 2 heterocycles. The van der Waals surface area contributed by atoms with Crippen LogP contribution in [0.25, 0.3) is 0 Å². The number of likely N-dealkylation sites (tertiary alicyclic amines) is 1. The fraction of sp³-hybridized carbons (Fsp3) is 0.636. The van der Waals surface area contributed by atoms with Crippen LogP contribution < -0.4 is 5.73 Å². The average Bonchev–Trinajstić information content (AvgIpc) is 2.57. The van der Waals surface area contributed by atoms with Crippen LogP contribution in [0.4, 0.5) is 5.13 Å². The van der Waals surface area contributed by atoms with Gasteiger partial charge < -0.3 is 10.6 Å². The van der Waals surface area contributed by atoms with Crippen LogP contribution in [0.5, 0.6) is 0 Å². The number of aromatic nitrogens is 1. The minimum atomic E-state index is 0.0300. The summed E-state index contributed by atoms with van der Waals surface area (Å²) in [5.41, 5.74) is 6.04. The zero-order chi connectivity index (χ0) is 11.5. The molecule has 1 atom stereocenters. The Labute approximate surface area is 99.5 Å². The third-order valence-electron chi connectivity index (χ3n) is 3.05. The number of anilines is 1. The lowest BCUT2D eigenvalue weighted by Gasteiger charge is -2.26.